The second kappa shape index (κ2) is 7.34. The fourth-order valence-corrected chi connectivity index (χ4v) is 1.94. The standard InChI is InChI=1S/C15H10ClN3O5/c16-13-7-6-12(19(23)24)9-14(13)17-15(20)8-3-10-1-4-11(5-2-10)18(21)22/h1-9H,(H,17,20). The van der Waals surface area contributed by atoms with E-state index >= 15 is 0 Å². The first-order chi connectivity index (χ1) is 11.4. The molecule has 0 fully saturated rings. The van der Waals surface area contributed by atoms with Crippen LogP contribution in [0.5, 0.6) is 0 Å². The average molecular weight is 348 g/mol. The zero-order valence-corrected chi connectivity index (χ0v) is 12.8. The van der Waals surface area contributed by atoms with Crippen molar-refractivity contribution < 1.29 is 14.6 Å². The van der Waals surface area contributed by atoms with Gasteiger partial charge in [-0.25, -0.2) is 0 Å². The SMILES string of the molecule is O=C(C=Cc1ccc([N+](=O)[O-])cc1)Nc1cc([N+](=O)[O-])ccc1Cl. The lowest BCUT2D eigenvalue weighted by molar-refractivity contribution is -0.385. The van der Waals surface area contributed by atoms with Crippen molar-refractivity contribution in [3.05, 3.63) is 79.4 Å². The van der Waals surface area contributed by atoms with Gasteiger partial charge in [0.2, 0.25) is 5.91 Å². The highest BCUT2D eigenvalue weighted by Crippen LogP contribution is 2.26. The van der Waals surface area contributed by atoms with Gasteiger partial charge in [-0.15, -0.1) is 0 Å². The molecule has 122 valence electrons. The Balaban J connectivity index is 2.09. The number of benzene rings is 2. The maximum Gasteiger partial charge on any atom is 0.271 e. The summed E-state index contributed by atoms with van der Waals surface area (Å²) in [6, 6.07) is 9.30. The predicted molar refractivity (Wildman–Crippen MR) is 88.9 cm³/mol. The molecule has 0 saturated carbocycles. The first-order valence-electron chi connectivity index (χ1n) is 6.54. The highest BCUT2D eigenvalue weighted by Gasteiger charge is 2.11. The zero-order chi connectivity index (χ0) is 17.7. The molecule has 2 aromatic carbocycles. The topological polar surface area (TPSA) is 115 Å². The number of carbonyl (C=O) groups is 1. The van der Waals surface area contributed by atoms with Gasteiger partial charge in [0.25, 0.3) is 11.4 Å². The van der Waals surface area contributed by atoms with Gasteiger partial charge in [0.1, 0.15) is 0 Å². The van der Waals surface area contributed by atoms with Crippen molar-refractivity contribution in [3.63, 3.8) is 0 Å². The van der Waals surface area contributed by atoms with E-state index in [4.69, 9.17) is 11.6 Å². The van der Waals surface area contributed by atoms with Crippen molar-refractivity contribution in [1.29, 1.82) is 0 Å². The Hall–Kier alpha value is -3.26. The molecule has 2 aromatic rings. The molecule has 0 aliphatic rings. The Morgan fingerprint density at radius 2 is 1.58 bits per heavy atom. The molecule has 1 amide bonds. The summed E-state index contributed by atoms with van der Waals surface area (Å²) < 4.78 is 0. The molecule has 2 rings (SSSR count). The Kier molecular flexibility index (Phi) is 5.23. The monoisotopic (exact) mass is 347 g/mol. The van der Waals surface area contributed by atoms with Gasteiger partial charge >= 0.3 is 0 Å². The van der Waals surface area contributed by atoms with Crippen molar-refractivity contribution in [2.24, 2.45) is 0 Å². The molecule has 24 heavy (non-hydrogen) atoms. The lowest BCUT2D eigenvalue weighted by Crippen LogP contribution is -2.08. The summed E-state index contributed by atoms with van der Waals surface area (Å²) in [5.41, 5.74) is 0.444. The molecular weight excluding hydrogens is 338 g/mol. The molecule has 8 nitrogen and oxygen atoms in total. The van der Waals surface area contributed by atoms with Crippen LogP contribution < -0.4 is 5.32 Å². The minimum absolute atomic E-state index is 0.0556. The summed E-state index contributed by atoms with van der Waals surface area (Å²) in [6.45, 7) is 0. The average Bonchev–Trinajstić information content (AvgIpc) is 2.55. The number of nitrogens with one attached hydrogen (secondary N) is 1. The van der Waals surface area contributed by atoms with Gasteiger partial charge in [-0.3, -0.25) is 25.0 Å². The Bertz CT molecular complexity index is 834. The van der Waals surface area contributed by atoms with Crippen LogP contribution in [0.4, 0.5) is 17.1 Å². The van der Waals surface area contributed by atoms with E-state index in [1.807, 2.05) is 0 Å². The highest BCUT2D eigenvalue weighted by atomic mass is 35.5. The van der Waals surface area contributed by atoms with E-state index in [1.54, 1.807) is 0 Å². The third kappa shape index (κ3) is 4.37. The summed E-state index contributed by atoms with van der Waals surface area (Å²) >= 11 is 5.88. The highest BCUT2D eigenvalue weighted by molar-refractivity contribution is 6.34. The largest absolute Gasteiger partial charge is 0.321 e. The molecule has 0 unspecified atom stereocenters. The molecule has 9 heteroatoms. The van der Waals surface area contributed by atoms with Crippen LogP contribution in [0.1, 0.15) is 5.56 Å². The van der Waals surface area contributed by atoms with Crippen LogP contribution >= 0.6 is 11.6 Å². The number of nitrogens with zero attached hydrogens (tertiary/aromatic N) is 2. The lowest BCUT2D eigenvalue weighted by atomic mass is 10.2. The second-order valence-electron chi connectivity index (χ2n) is 4.59. The molecule has 0 aromatic heterocycles. The van der Waals surface area contributed by atoms with Crippen LogP contribution in [0.15, 0.2) is 48.5 Å². The summed E-state index contributed by atoms with van der Waals surface area (Å²) in [5, 5.41) is 23.9. The molecule has 0 heterocycles. The van der Waals surface area contributed by atoms with Crippen molar-refractivity contribution in [3.8, 4) is 0 Å². The van der Waals surface area contributed by atoms with E-state index in [-0.39, 0.29) is 22.1 Å². The number of amides is 1. The fraction of sp³-hybridized carbons (Fsp3) is 0. The Morgan fingerprint density at radius 3 is 2.17 bits per heavy atom. The first-order valence-corrected chi connectivity index (χ1v) is 6.92. The number of hydrogen-bond donors (Lipinski definition) is 1. The molecule has 0 radical (unpaired) electrons. The molecular formula is C15H10ClN3O5. The third-order valence-corrected chi connectivity index (χ3v) is 3.28. The maximum atomic E-state index is 11.9. The zero-order valence-electron chi connectivity index (χ0n) is 12.0. The molecule has 0 spiro atoms. The molecule has 0 aliphatic heterocycles. The van der Waals surface area contributed by atoms with Gasteiger partial charge in [-0.2, -0.15) is 0 Å². The molecule has 0 atom stereocenters. The van der Waals surface area contributed by atoms with Crippen LogP contribution in [-0.4, -0.2) is 15.8 Å². The summed E-state index contributed by atoms with van der Waals surface area (Å²) in [5.74, 6) is -0.546. The van der Waals surface area contributed by atoms with E-state index in [1.165, 1.54) is 48.6 Å². The van der Waals surface area contributed by atoms with Crippen LogP contribution in [0, 0.1) is 20.2 Å². The van der Waals surface area contributed by atoms with Gasteiger partial charge in [0.05, 0.1) is 20.6 Å². The number of hydrogen-bond acceptors (Lipinski definition) is 5. The van der Waals surface area contributed by atoms with Crippen LogP contribution in [0.25, 0.3) is 6.08 Å². The summed E-state index contributed by atoms with van der Waals surface area (Å²) in [4.78, 5) is 32.0. The third-order valence-electron chi connectivity index (χ3n) is 2.95. The van der Waals surface area contributed by atoms with Crippen LogP contribution in [-0.2, 0) is 4.79 Å². The molecule has 0 aliphatic carbocycles. The van der Waals surface area contributed by atoms with E-state index in [0.29, 0.717) is 5.56 Å². The van der Waals surface area contributed by atoms with Crippen LogP contribution in [0.3, 0.4) is 0 Å². The van der Waals surface area contributed by atoms with Crippen molar-refractivity contribution in [2.45, 2.75) is 0 Å². The number of anilines is 1. The summed E-state index contributed by atoms with van der Waals surface area (Å²) in [7, 11) is 0. The fourth-order valence-electron chi connectivity index (χ4n) is 1.78. The van der Waals surface area contributed by atoms with Gasteiger partial charge < -0.3 is 5.32 Å². The van der Waals surface area contributed by atoms with E-state index in [2.05, 4.69) is 5.32 Å². The predicted octanol–water partition coefficient (Wildman–Crippen LogP) is 3.81. The van der Waals surface area contributed by atoms with Crippen molar-refractivity contribution >= 4 is 40.6 Å². The van der Waals surface area contributed by atoms with Crippen molar-refractivity contribution in [1.82, 2.24) is 0 Å². The van der Waals surface area contributed by atoms with Gasteiger partial charge in [-0.1, -0.05) is 11.6 Å². The van der Waals surface area contributed by atoms with Crippen LogP contribution in [0.2, 0.25) is 5.02 Å². The molecule has 0 bridgehead atoms. The smallest absolute Gasteiger partial charge is 0.271 e. The van der Waals surface area contributed by atoms with Gasteiger partial charge in [-0.05, 0) is 29.8 Å². The minimum Gasteiger partial charge on any atom is -0.321 e. The number of nitro groups is 2. The van der Waals surface area contributed by atoms with Gasteiger partial charge in [0, 0.05) is 30.3 Å². The van der Waals surface area contributed by atoms with Gasteiger partial charge in [0.15, 0.2) is 0 Å². The first kappa shape index (κ1) is 17.1. The number of carbonyl (C=O) groups excluding carboxylic acids is 1. The van der Waals surface area contributed by atoms with E-state index < -0.39 is 15.8 Å². The number of non-ortho nitro benzene ring substituents is 2. The maximum absolute atomic E-state index is 11.9. The number of nitro benzene ring substituents is 2. The Morgan fingerprint density at radius 1 is 1.00 bits per heavy atom. The molecule has 1 N–H and O–H groups in total. The minimum atomic E-state index is -0.599. The Labute approximate surface area is 140 Å². The second-order valence-corrected chi connectivity index (χ2v) is 5.00. The molecule has 0 saturated heterocycles. The van der Waals surface area contributed by atoms with Crippen molar-refractivity contribution in [2.75, 3.05) is 5.32 Å². The van der Waals surface area contributed by atoms with E-state index in [0.717, 1.165) is 6.07 Å². The normalized spacial score (nSPS) is 10.5. The summed E-state index contributed by atoms with van der Waals surface area (Å²) in [6.07, 6.45) is 2.64. The lowest BCUT2D eigenvalue weighted by Gasteiger charge is -2.04. The quantitative estimate of drug-likeness (QED) is 0.501. The van der Waals surface area contributed by atoms with E-state index in [9.17, 15) is 25.0 Å². The number of rotatable bonds is 5. The number of halogens is 1.